The smallest absolute Gasteiger partial charge is 0.414 e. The number of nitrogens with zero attached hydrogens (tertiary/aromatic N) is 4. The van der Waals surface area contributed by atoms with Crippen LogP contribution in [0.25, 0.3) is 0 Å². The summed E-state index contributed by atoms with van der Waals surface area (Å²) in [4.78, 5) is 38.8. The van der Waals surface area contributed by atoms with E-state index in [-0.39, 0.29) is 18.1 Å². The number of carbonyl (C=O) groups is 2. The van der Waals surface area contributed by atoms with Crippen LogP contribution in [0.1, 0.15) is 0 Å². The molecule has 2 fully saturated rings. The van der Waals surface area contributed by atoms with Gasteiger partial charge < -0.3 is 19.9 Å². The largest absolute Gasteiger partial charge is 0.442 e. The van der Waals surface area contributed by atoms with Gasteiger partial charge in [-0.2, -0.15) is 0 Å². The Labute approximate surface area is 191 Å². The summed E-state index contributed by atoms with van der Waals surface area (Å²) >= 11 is 1.11. The number of thiophene rings is 1. The van der Waals surface area contributed by atoms with E-state index in [0.29, 0.717) is 37.6 Å². The fourth-order valence-corrected chi connectivity index (χ4v) is 4.66. The Bertz CT molecular complexity index is 1060. The maximum absolute atomic E-state index is 14.9. The van der Waals surface area contributed by atoms with Crippen LogP contribution in [0.3, 0.4) is 0 Å². The quantitative estimate of drug-likeness (QED) is 0.478. The van der Waals surface area contributed by atoms with Gasteiger partial charge in [0.2, 0.25) is 0 Å². The number of nitrogens with one attached hydrogen (secondary N) is 1. The molecule has 0 saturated carbocycles. The molecule has 33 heavy (non-hydrogen) atoms. The molecule has 176 valence electrons. The molecule has 13 heteroatoms. The zero-order valence-electron chi connectivity index (χ0n) is 17.4. The molecule has 2 amide bonds. The number of benzene rings is 1. The molecule has 3 heterocycles. The van der Waals surface area contributed by atoms with E-state index in [4.69, 9.17) is 4.74 Å². The van der Waals surface area contributed by atoms with Crippen molar-refractivity contribution in [3.05, 3.63) is 46.3 Å². The zero-order valence-corrected chi connectivity index (χ0v) is 18.2. The van der Waals surface area contributed by atoms with Crippen LogP contribution in [-0.2, 0) is 9.53 Å². The molecule has 1 N–H and O–H groups in total. The number of hydrogen-bond acceptors (Lipinski definition) is 8. The number of piperazine rings is 1. The molecule has 0 spiro atoms. The van der Waals surface area contributed by atoms with Crippen molar-refractivity contribution in [1.82, 2.24) is 5.32 Å². The molecule has 0 aliphatic carbocycles. The average Bonchev–Trinajstić information content (AvgIpc) is 3.45. The molecule has 2 aliphatic heterocycles. The Morgan fingerprint density at radius 2 is 1.94 bits per heavy atom. The summed E-state index contributed by atoms with van der Waals surface area (Å²) in [5.74, 6) is -1.29. The predicted molar refractivity (Wildman–Crippen MR) is 118 cm³/mol. The van der Waals surface area contributed by atoms with E-state index in [1.165, 1.54) is 17.0 Å². The first-order chi connectivity index (χ1) is 15.9. The highest BCUT2D eigenvalue weighted by molar-refractivity contribution is 7.19. The molecule has 1 unspecified atom stereocenters. The Hall–Kier alpha value is -3.48. The Kier molecular flexibility index (Phi) is 6.58. The first-order valence-corrected chi connectivity index (χ1v) is 11.0. The van der Waals surface area contributed by atoms with Crippen molar-refractivity contribution in [2.45, 2.75) is 6.10 Å². The van der Waals surface area contributed by atoms with Crippen LogP contribution in [0.2, 0.25) is 0 Å². The molecular weight excluding hydrogens is 460 g/mol. The van der Waals surface area contributed by atoms with E-state index in [9.17, 15) is 28.5 Å². The number of cyclic esters (lactones) is 1. The van der Waals surface area contributed by atoms with Crippen molar-refractivity contribution in [3.63, 3.8) is 0 Å². The van der Waals surface area contributed by atoms with Crippen LogP contribution in [-0.4, -0.2) is 69.0 Å². The van der Waals surface area contributed by atoms with Gasteiger partial charge in [0.05, 0.1) is 34.4 Å². The van der Waals surface area contributed by atoms with Gasteiger partial charge in [-0.3, -0.25) is 19.8 Å². The van der Waals surface area contributed by atoms with Gasteiger partial charge in [-0.05, 0) is 35.6 Å². The van der Waals surface area contributed by atoms with Crippen molar-refractivity contribution in [3.8, 4) is 0 Å². The third kappa shape index (κ3) is 4.97. The summed E-state index contributed by atoms with van der Waals surface area (Å²) in [7, 11) is 0. The number of hydrogen-bond donors (Lipinski definition) is 1. The zero-order chi connectivity index (χ0) is 23.5. The first kappa shape index (κ1) is 22.7. The summed E-state index contributed by atoms with van der Waals surface area (Å²) in [6.07, 6.45) is -1.32. The van der Waals surface area contributed by atoms with E-state index < -0.39 is 35.5 Å². The van der Waals surface area contributed by atoms with Crippen molar-refractivity contribution in [2.75, 3.05) is 60.6 Å². The SMILES string of the molecule is O=C(CF)NCC1CN(c2ccc(N3CCN(c4ccc([N+](=O)[O-])s4)CC3)c(F)c2)C(=O)O1. The molecule has 0 bridgehead atoms. The molecule has 1 aromatic carbocycles. The molecule has 1 aromatic heterocycles. The third-order valence-corrected chi connectivity index (χ3v) is 6.55. The van der Waals surface area contributed by atoms with E-state index >= 15 is 0 Å². The summed E-state index contributed by atoms with van der Waals surface area (Å²) in [6, 6.07) is 7.68. The lowest BCUT2D eigenvalue weighted by Crippen LogP contribution is -2.46. The van der Waals surface area contributed by atoms with E-state index in [2.05, 4.69) is 5.32 Å². The van der Waals surface area contributed by atoms with Gasteiger partial charge in [0.15, 0.2) is 6.67 Å². The number of alkyl halides is 1. The van der Waals surface area contributed by atoms with E-state index in [1.54, 1.807) is 18.2 Å². The summed E-state index contributed by atoms with van der Waals surface area (Å²) < 4.78 is 32.3. The highest BCUT2D eigenvalue weighted by Crippen LogP contribution is 2.33. The van der Waals surface area contributed by atoms with Crippen LogP contribution < -0.4 is 20.0 Å². The van der Waals surface area contributed by atoms with Gasteiger partial charge in [0.1, 0.15) is 11.9 Å². The van der Waals surface area contributed by atoms with Gasteiger partial charge in [-0.15, -0.1) is 0 Å². The normalized spacial score (nSPS) is 18.4. The maximum Gasteiger partial charge on any atom is 0.414 e. The van der Waals surface area contributed by atoms with Gasteiger partial charge in [0, 0.05) is 32.2 Å². The molecule has 0 radical (unpaired) electrons. The molecule has 2 aromatic rings. The van der Waals surface area contributed by atoms with Gasteiger partial charge >= 0.3 is 11.1 Å². The topological polar surface area (TPSA) is 108 Å². The van der Waals surface area contributed by atoms with Crippen LogP contribution in [0.4, 0.5) is 35.0 Å². The fraction of sp³-hybridized carbons (Fsp3) is 0.400. The van der Waals surface area contributed by atoms with Gasteiger partial charge in [-0.25, -0.2) is 13.6 Å². The number of halogens is 2. The third-order valence-electron chi connectivity index (χ3n) is 5.45. The van der Waals surface area contributed by atoms with Crippen molar-refractivity contribution in [2.24, 2.45) is 0 Å². The lowest BCUT2D eigenvalue weighted by atomic mass is 10.2. The lowest BCUT2D eigenvalue weighted by Gasteiger charge is -2.36. The van der Waals surface area contributed by atoms with E-state index in [0.717, 1.165) is 16.3 Å². The Morgan fingerprint density at radius 3 is 2.58 bits per heavy atom. The number of ether oxygens (including phenoxy) is 1. The molecular formula is C20H21F2N5O5S. The average molecular weight is 481 g/mol. The summed E-state index contributed by atoms with van der Waals surface area (Å²) in [5, 5.41) is 14.1. The van der Waals surface area contributed by atoms with Crippen LogP contribution in [0, 0.1) is 15.9 Å². The first-order valence-electron chi connectivity index (χ1n) is 10.2. The minimum Gasteiger partial charge on any atom is -0.442 e. The summed E-state index contributed by atoms with van der Waals surface area (Å²) in [5.41, 5.74) is 0.722. The number of rotatable bonds is 7. The monoisotopic (exact) mass is 481 g/mol. The molecule has 4 rings (SSSR count). The van der Waals surface area contributed by atoms with Gasteiger partial charge in [0.25, 0.3) is 5.91 Å². The van der Waals surface area contributed by atoms with Crippen LogP contribution in [0.5, 0.6) is 0 Å². The maximum atomic E-state index is 14.9. The van der Waals surface area contributed by atoms with Crippen molar-refractivity contribution >= 4 is 44.7 Å². The highest BCUT2D eigenvalue weighted by atomic mass is 32.1. The number of anilines is 3. The van der Waals surface area contributed by atoms with E-state index in [1.807, 2.05) is 9.80 Å². The van der Waals surface area contributed by atoms with Gasteiger partial charge in [-0.1, -0.05) is 0 Å². The molecule has 2 aliphatic rings. The predicted octanol–water partition coefficient (Wildman–Crippen LogP) is 2.53. The molecule has 1 atom stereocenters. The van der Waals surface area contributed by atoms with Crippen molar-refractivity contribution in [1.29, 1.82) is 0 Å². The minimum absolute atomic E-state index is 0.0246. The second kappa shape index (κ2) is 9.57. The number of amides is 2. The Balaban J connectivity index is 1.36. The standard InChI is InChI=1S/C20H21F2N5O5S/c21-10-17(28)23-11-14-12-26(20(29)32-14)13-1-2-16(15(22)9-13)24-5-7-25(8-6-24)18-3-4-19(33-18)27(30)31/h1-4,9,14H,5-8,10-12H2,(H,23,28). The number of carbonyl (C=O) groups excluding carboxylic acids is 2. The number of nitro groups is 1. The van der Waals surface area contributed by atoms with Crippen LogP contribution in [0.15, 0.2) is 30.3 Å². The molecule has 2 saturated heterocycles. The van der Waals surface area contributed by atoms with Crippen molar-refractivity contribution < 1.29 is 28.0 Å². The molecule has 10 nitrogen and oxygen atoms in total. The lowest BCUT2D eigenvalue weighted by molar-refractivity contribution is -0.380. The van der Waals surface area contributed by atoms with Crippen LogP contribution >= 0.6 is 11.3 Å². The summed E-state index contributed by atoms with van der Waals surface area (Å²) in [6.45, 7) is 1.17. The Morgan fingerprint density at radius 1 is 1.21 bits per heavy atom. The fourth-order valence-electron chi connectivity index (χ4n) is 3.79. The second-order valence-corrected chi connectivity index (χ2v) is 8.57. The second-order valence-electron chi connectivity index (χ2n) is 7.53. The highest BCUT2D eigenvalue weighted by Gasteiger charge is 2.33. The minimum atomic E-state index is -1.15.